The molecule has 0 aromatic carbocycles. The third-order valence-electron chi connectivity index (χ3n) is 3.21. The van der Waals surface area contributed by atoms with Crippen LogP contribution in [0, 0.1) is 5.92 Å². The topological polar surface area (TPSA) is 21.3 Å². The first-order valence-corrected chi connectivity index (χ1v) is 5.94. The number of allylic oxidation sites excluding steroid dienone is 1. The van der Waals surface area contributed by atoms with Crippen molar-refractivity contribution in [2.75, 3.05) is 19.7 Å². The van der Waals surface area contributed by atoms with E-state index in [-0.39, 0.29) is 0 Å². The number of hydrogen-bond acceptors (Lipinski definition) is 2. The van der Waals surface area contributed by atoms with Gasteiger partial charge in [0.2, 0.25) is 0 Å². The predicted molar refractivity (Wildman–Crippen MR) is 58.3 cm³/mol. The lowest BCUT2D eigenvalue weighted by Gasteiger charge is -2.25. The van der Waals surface area contributed by atoms with Crippen molar-refractivity contribution in [3.8, 4) is 0 Å². The molecule has 0 bridgehead atoms. The fraction of sp³-hybridized carbons (Fsp3) is 0.833. The van der Waals surface area contributed by atoms with E-state index >= 15 is 0 Å². The Morgan fingerprint density at radius 3 is 2.79 bits per heavy atom. The maximum atomic E-state index is 5.91. The van der Waals surface area contributed by atoms with Gasteiger partial charge in [-0.2, -0.15) is 0 Å². The molecule has 1 aliphatic carbocycles. The quantitative estimate of drug-likeness (QED) is 0.696. The van der Waals surface area contributed by atoms with Gasteiger partial charge in [0.25, 0.3) is 0 Å². The van der Waals surface area contributed by atoms with Gasteiger partial charge in [0.15, 0.2) is 0 Å². The number of rotatable bonds is 3. The average Bonchev–Trinajstić information content (AvgIpc) is 2.29. The van der Waals surface area contributed by atoms with Crippen molar-refractivity contribution in [1.29, 1.82) is 0 Å². The average molecular weight is 195 g/mol. The van der Waals surface area contributed by atoms with E-state index < -0.39 is 0 Å². The lowest BCUT2D eigenvalue weighted by atomic mass is 9.99. The first-order chi connectivity index (χ1) is 6.95. The Balaban J connectivity index is 1.65. The van der Waals surface area contributed by atoms with Crippen LogP contribution >= 0.6 is 0 Å². The Hall–Kier alpha value is -0.340. The normalized spacial score (nSPS) is 29.3. The third-order valence-corrected chi connectivity index (χ3v) is 3.21. The highest BCUT2D eigenvalue weighted by Gasteiger charge is 2.15. The standard InChI is InChI=1S/C12H21NO/c1-2-4-12(5-3-1)14-10-11-6-8-13-9-7-11/h2,4,11-13H,1,3,5-10H2. The summed E-state index contributed by atoms with van der Waals surface area (Å²) in [7, 11) is 0. The fourth-order valence-electron chi connectivity index (χ4n) is 2.23. The Kier molecular flexibility index (Phi) is 4.02. The molecule has 1 aliphatic heterocycles. The Labute approximate surface area is 86.7 Å². The molecular weight excluding hydrogens is 174 g/mol. The minimum Gasteiger partial charge on any atom is -0.374 e. The zero-order chi connectivity index (χ0) is 9.64. The number of nitrogens with one attached hydrogen (secondary N) is 1. The van der Waals surface area contributed by atoms with Crippen molar-refractivity contribution < 1.29 is 4.74 Å². The van der Waals surface area contributed by atoms with E-state index in [1.807, 2.05) is 0 Å². The van der Waals surface area contributed by atoms with Crippen molar-refractivity contribution in [1.82, 2.24) is 5.32 Å². The zero-order valence-electron chi connectivity index (χ0n) is 8.87. The highest BCUT2D eigenvalue weighted by atomic mass is 16.5. The van der Waals surface area contributed by atoms with Crippen molar-refractivity contribution in [2.24, 2.45) is 5.92 Å². The Bertz CT molecular complexity index is 185. The molecule has 2 nitrogen and oxygen atoms in total. The SMILES string of the molecule is C1=CC(OCC2CCNCC2)CCC1. The molecule has 1 atom stereocenters. The van der Waals surface area contributed by atoms with Crippen LogP contribution in [-0.2, 0) is 4.74 Å². The van der Waals surface area contributed by atoms with Gasteiger partial charge in [-0.3, -0.25) is 0 Å². The molecule has 2 aliphatic rings. The van der Waals surface area contributed by atoms with E-state index in [2.05, 4.69) is 17.5 Å². The number of ether oxygens (including phenoxy) is 1. The van der Waals surface area contributed by atoms with Crippen molar-refractivity contribution in [3.05, 3.63) is 12.2 Å². The van der Waals surface area contributed by atoms with Crippen LogP contribution in [-0.4, -0.2) is 25.8 Å². The molecule has 1 unspecified atom stereocenters. The van der Waals surface area contributed by atoms with E-state index in [0.717, 1.165) is 12.5 Å². The zero-order valence-corrected chi connectivity index (χ0v) is 8.87. The summed E-state index contributed by atoms with van der Waals surface area (Å²) in [4.78, 5) is 0. The molecule has 1 N–H and O–H groups in total. The lowest BCUT2D eigenvalue weighted by Crippen LogP contribution is -2.31. The molecule has 1 saturated heterocycles. The van der Waals surface area contributed by atoms with Gasteiger partial charge in [-0.05, 0) is 51.1 Å². The van der Waals surface area contributed by atoms with Crippen LogP contribution in [0.4, 0.5) is 0 Å². The molecule has 2 rings (SSSR count). The lowest BCUT2D eigenvalue weighted by molar-refractivity contribution is 0.0410. The van der Waals surface area contributed by atoms with Gasteiger partial charge < -0.3 is 10.1 Å². The van der Waals surface area contributed by atoms with Crippen LogP contribution in [0.25, 0.3) is 0 Å². The molecule has 0 saturated carbocycles. The summed E-state index contributed by atoms with van der Waals surface area (Å²) >= 11 is 0. The van der Waals surface area contributed by atoms with E-state index in [4.69, 9.17) is 4.74 Å². The molecular formula is C12H21NO. The van der Waals surface area contributed by atoms with Crippen molar-refractivity contribution in [3.63, 3.8) is 0 Å². The molecule has 14 heavy (non-hydrogen) atoms. The molecule has 2 heteroatoms. The van der Waals surface area contributed by atoms with Crippen LogP contribution in [0.2, 0.25) is 0 Å². The van der Waals surface area contributed by atoms with Crippen molar-refractivity contribution >= 4 is 0 Å². The highest BCUT2D eigenvalue weighted by molar-refractivity contribution is 4.94. The summed E-state index contributed by atoms with van der Waals surface area (Å²) in [5.74, 6) is 0.798. The highest BCUT2D eigenvalue weighted by Crippen LogP contribution is 2.17. The molecule has 0 aromatic heterocycles. The molecule has 0 amide bonds. The summed E-state index contributed by atoms with van der Waals surface area (Å²) in [6, 6.07) is 0. The maximum absolute atomic E-state index is 5.91. The molecule has 1 fully saturated rings. The predicted octanol–water partition coefficient (Wildman–Crippen LogP) is 2.11. The van der Waals surface area contributed by atoms with Gasteiger partial charge in [-0.15, -0.1) is 0 Å². The first kappa shape index (κ1) is 10.2. The maximum Gasteiger partial charge on any atom is 0.0756 e. The minimum atomic E-state index is 0.415. The molecule has 1 heterocycles. The Morgan fingerprint density at radius 2 is 2.07 bits per heavy atom. The van der Waals surface area contributed by atoms with Crippen LogP contribution in [0.3, 0.4) is 0 Å². The van der Waals surface area contributed by atoms with Crippen LogP contribution in [0.5, 0.6) is 0 Å². The molecule has 0 aromatic rings. The second-order valence-electron chi connectivity index (χ2n) is 4.42. The number of hydrogen-bond donors (Lipinski definition) is 1. The van der Waals surface area contributed by atoms with Gasteiger partial charge in [0.05, 0.1) is 12.7 Å². The molecule has 80 valence electrons. The van der Waals surface area contributed by atoms with E-state index in [9.17, 15) is 0 Å². The van der Waals surface area contributed by atoms with Gasteiger partial charge in [-0.25, -0.2) is 0 Å². The minimum absolute atomic E-state index is 0.415. The van der Waals surface area contributed by atoms with Crippen LogP contribution in [0.15, 0.2) is 12.2 Å². The smallest absolute Gasteiger partial charge is 0.0756 e. The van der Waals surface area contributed by atoms with Gasteiger partial charge >= 0.3 is 0 Å². The van der Waals surface area contributed by atoms with E-state index in [1.54, 1.807) is 0 Å². The van der Waals surface area contributed by atoms with Gasteiger partial charge in [0.1, 0.15) is 0 Å². The van der Waals surface area contributed by atoms with Gasteiger partial charge in [-0.1, -0.05) is 12.2 Å². The summed E-state index contributed by atoms with van der Waals surface area (Å²) < 4.78 is 5.91. The van der Waals surface area contributed by atoms with Crippen LogP contribution < -0.4 is 5.32 Å². The summed E-state index contributed by atoms with van der Waals surface area (Å²) in [5.41, 5.74) is 0. The second-order valence-corrected chi connectivity index (χ2v) is 4.42. The Morgan fingerprint density at radius 1 is 1.21 bits per heavy atom. The summed E-state index contributed by atoms with van der Waals surface area (Å²) in [5, 5.41) is 3.38. The molecule has 0 radical (unpaired) electrons. The number of piperidine rings is 1. The fourth-order valence-corrected chi connectivity index (χ4v) is 2.23. The second kappa shape index (κ2) is 5.52. The first-order valence-electron chi connectivity index (χ1n) is 5.94. The van der Waals surface area contributed by atoms with Gasteiger partial charge in [0, 0.05) is 0 Å². The van der Waals surface area contributed by atoms with E-state index in [0.29, 0.717) is 6.10 Å². The van der Waals surface area contributed by atoms with E-state index in [1.165, 1.54) is 45.2 Å². The van der Waals surface area contributed by atoms with Crippen molar-refractivity contribution in [2.45, 2.75) is 38.2 Å². The van der Waals surface area contributed by atoms with Crippen LogP contribution in [0.1, 0.15) is 32.1 Å². The molecule has 0 spiro atoms. The third kappa shape index (κ3) is 3.10. The largest absolute Gasteiger partial charge is 0.374 e. The summed E-state index contributed by atoms with van der Waals surface area (Å²) in [6.45, 7) is 3.32. The summed E-state index contributed by atoms with van der Waals surface area (Å²) in [6.07, 6.45) is 11.3. The monoisotopic (exact) mass is 195 g/mol.